The maximum absolute atomic E-state index is 13.2. The summed E-state index contributed by atoms with van der Waals surface area (Å²) in [5.74, 6) is 0.322. The third kappa shape index (κ3) is 5.94. The van der Waals surface area contributed by atoms with Gasteiger partial charge in [-0.1, -0.05) is 65.8 Å². The molecule has 4 aromatic rings. The lowest BCUT2D eigenvalue weighted by atomic mass is 9.97. The zero-order valence-corrected chi connectivity index (χ0v) is 22.1. The van der Waals surface area contributed by atoms with Gasteiger partial charge >= 0.3 is 0 Å². The van der Waals surface area contributed by atoms with Gasteiger partial charge in [-0.2, -0.15) is 5.10 Å². The molecule has 0 unspecified atom stereocenters. The van der Waals surface area contributed by atoms with Crippen molar-refractivity contribution in [2.45, 2.75) is 12.5 Å². The van der Waals surface area contributed by atoms with Crippen LogP contribution in [0.1, 0.15) is 23.6 Å². The first kappa shape index (κ1) is 26.4. The van der Waals surface area contributed by atoms with Gasteiger partial charge in [0.1, 0.15) is 17.7 Å². The fraction of sp³-hybridized carbons (Fsp3) is 0.161. The summed E-state index contributed by atoms with van der Waals surface area (Å²) in [6.45, 7) is -0.389. The van der Waals surface area contributed by atoms with Crippen LogP contribution in [0, 0.1) is 0 Å². The summed E-state index contributed by atoms with van der Waals surface area (Å²) < 4.78 is 10.5. The Labute approximate surface area is 231 Å². The van der Waals surface area contributed by atoms with Crippen LogP contribution in [0.25, 0.3) is 10.8 Å². The lowest BCUT2D eigenvalue weighted by Gasteiger charge is -2.21. The topological polar surface area (TPSA) is 102 Å². The summed E-state index contributed by atoms with van der Waals surface area (Å²) in [6, 6.07) is 28.5. The first-order valence-corrected chi connectivity index (χ1v) is 12.7. The predicted octanol–water partition coefficient (Wildman–Crippen LogP) is 5.18. The molecule has 1 aliphatic heterocycles. The van der Waals surface area contributed by atoms with Gasteiger partial charge in [-0.05, 0) is 52.2 Å². The van der Waals surface area contributed by atoms with Crippen LogP contribution >= 0.6 is 0 Å². The van der Waals surface area contributed by atoms with Crippen molar-refractivity contribution in [2.75, 3.05) is 26.1 Å². The standard InChI is InChI=1S/C31H28N4O5/c1-38-25-15-13-22(14-16-25)28-18-27(24-12-11-21-7-3-4-8-23(21)17-24)34-35(28)31(37)20-40-32-19-30(36)33-26-9-5-6-10-29(26)39-2/h3-17,19,28H,18,20H2,1-2H3,(H,33,36)/b32-19-/t28-/m0/s1. The number of nitrogens with zero attached hydrogens (tertiary/aromatic N) is 3. The molecule has 0 saturated heterocycles. The van der Waals surface area contributed by atoms with Crippen molar-refractivity contribution in [2.24, 2.45) is 10.3 Å². The lowest BCUT2D eigenvalue weighted by Crippen LogP contribution is -2.30. The molecule has 0 saturated carbocycles. The van der Waals surface area contributed by atoms with E-state index in [9.17, 15) is 9.59 Å². The normalized spacial score (nSPS) is 14.7. The van der Waals surface area contributed by atoms with Crippen molar-refractivity contribution in [3.8, 4) is 11.5 Å². The summed E-state index contributed by atoms with van der Waals surface area (Å²) >= 11 is 0. The van der Waals surface area contributed by atoms with Gasteiger partial charge in [0, 0.05) is 6.42 Å². The third-order valence-electron chi connectivity index (χ3n) is 6.55. The summed E-state index contributed by atoms with van der Waals surface area (Å²) in [7, 11) is 3.12. The monoisotopic (exact) mass is 536 g/mol. The number of methoxy groups -OCH3 is 2. The van der Waals surface area contributed by atoms with E-state index in [4.69, 9.17) is 19.4 Å². The fourth-order valence-corrected chi connectivity index (χ4v) is 4.53. The number of para-hydroxylation sites is 2. The minimum Gasteiger partial charge on any atom is -0.497 e. The maximum Gasteiger partial charge on any atom is 0.283 e. The number of hydrazone groups is 1. The Morgan fingerprint density at radius 2 is 1.70 bits per heavy atom. The van der Waals surface area contributed by atoms with Gasteiger partial charge in [-0.3, -0.25) is 9.59 Å². The van der Waals surface area contributed by atoms with Gasteiger partial charge in [0.2, 0.25) is 0 Å². The molecule has 40 heavy (non-hydrogen) atoms. The number of fused-ring (bicyclic) bond motifs is 1. The van der Waals surface area contributed by atoms with E-state index in [1.165, 1.54) is 12.1 Å². The third-order valence-corrected chi connectivity index (χ3v) is 6.55. The second kappa shape index (κ2) is 12.1. The highest BCUT2D eigenvalue weighted by Crippen LogP contribution is 2.34. The zero-order valence-electron chi connectivity index (χ0n) is 22.1. The number of amides is 2. The van der Waals surface area contributed by atoms with E-state index < -0.39 is 5.91 Å². The first-order valence-electron chi connectivity index (χ1n) is 12.7. The minimum absolute atomic E-state index is 0.332. The van der Waals surface area contributed by atoms with Gasteiger partial charge in [-0.15, -0.1) is 0 Å². The van der Waals surface area contributed by atoms with Crippen LogP contribution in [0.5, 0.6) is 11.5 Å². The van der Waals surface area contributed by atoms with Crippen molar-refractivity contribution in [1.82, 2.24) is 5.01 Å². The van der Waals surface area contributed by atoms with Crippen LogP contribution in [-0.4, -0.2) is 49.6 Å². The number of oxime groups is 1. The Kier molecular flexibility index (Phi) is 8.01. The van der Waals surface area contributed by atoms with Crippen LogP contribution in [0.15, 0.2) is 101 Å². The molecule has 1 heterocycles. The molecule has 0 aliphatic carbocycles. The van der Waals surface area contributed by atoms with Crippen LogP contribution in [0.4, 0.5) is 5.69 Å². The van der Waals surface area contributed by atoms with Gasteiger partial charge in [0.25, 0.3) is 11.8 Å². The molecular formula is C31H28N4O5. The van der Waals surface area contributed by atoms with Crippen molar-refractivity contribution >= 4 is 40.2 Å². The highest BCUT2D eigenvalue weighted by Gasteiger charge is 2.33. The SMILES string of the molecule is COc1ccc([C@@H]2CC(c3ccc4ccccc4c3)=NN2C(=O)CO/N=C\C(=O)Nc2ccccc2OC)cc1. The van der Waals surface area contributed by atoms with E-state index in [0.717, 1.165) is 39.6 Å². The number of benzene rings is 4. The molecule has 5 rings (SSSR count). The summed E-state index contributed by atoms with van der Waals surface area (Å²) in [5.41, 5.74) is 3.14. The number of ether oxygens (including phenoxy) is 2. The largest absolute Gasteiger partial charge is 0.497 e. The number of hydrogen-bond acceptors (Lipinski definition) is 7. The van der Waals surface area contributed by atoms with E-state index in [2.05, 4.69) is 22.6 Å². The molecule has 1 atom stereocenters. The number of hydrogen-bond donors (Lipinski definition) is 1. The maximum atomic E-state index is 13.2. The molecule has 1 aliphatic rings. The smallest absolute Gasteiger partial charge is 0.283 e. The molecule has 1 N–H and O–H groups in total. The molecule has 202 valence electrons. The number of nitrogens with one attached hydrogen (secondary N) is 1. The summed E-state index contributed by atoms with van der Waals surface area (Å²) in [5, 5.41) is 14.7. The van der Waals surface area contributed by atoms with Crippen molar-refractivity contribution in [3.05, 3.63) is 102 Å². The van der Waals surface area contributed by atoms with E-state index in [1.807, 2.05) is 54.6 Å². The van der Waals surface area contributed by atoms with Gasteiger partial charge < -0.3 is 19.6 Å². The quantitative estimate of drug-likeness (QED) is 0.235. The van der Waals surface area contributed by atoms with E-state index >= 15 is 0 Å². The molecule has 4 aromatic carbocycles. The second-order valence-corrected chi connectivity index (χ2v) is 9.04. The highest BCUT2D eigenvalue weighted by atomic mass is 16.6. The molecule has 2 amide bonds. The first-order chi connectivity index (χ1) is 19.6. The summed E-state index contributed by atoms with van der Waals surface area (Å²) in [6.07, 6.45) is 1.50. The van der Waals surface area contributed by atoms with Gasteiger partial charge in [0.05, 0.1) is 31.7 Å². The van der Waals surface area contributed by atoms with Gasteiger partial charge in [-0.25, -0.2) is 5.01 Å². The number of anilines is 1. The molecule has 9 heteroatoms. The lowest BCUT2D eigenvalue weighted by molar-refractivity contribution is -0.138. The Balaban J connectivity index is 1.30. The van der Waals surface area contributed by atoms with Crippen molar-refractivity contribution in [3.63, 3.8) is 0 Å². The average molecular weight is 537 g/mol. The number of carbonyl (C=O) groups is 2. The summed E-state index contributed by atoms with van der Waals surface area (Å²) in [4.78, 5) is 30.7. The van der Waals surface area contributed by atoms with Crippen LogP contribution in [0.3, 0.4) is 0 Å². The van der Waals surface area contributed by atoms with E-state index in [-0.39, 0.29) is 18.6 Å². The molecule has 9 nitrogen and oxygen atoms in total. The van der Waals surface area contributed by atoms with Gasteiger partial charge in [0.15, 0.2) is 6.61 Å². The van der Waals surface area contributed by atoms with E-state index in [0.29, 0.717) is 17.9 Å². The molecule has 0 radical (unpaired) electrons. The molecule has 0 aromatic heterocycles. The average Bonchev–Trinajstić information content (AvgIpc) is 3.45. The Morgan fingerprint density at radius 1 is 0.950 bits per heavy atom. The Hall–Kier alpha value is -5.18. The molecular weight excluding hydrogens is 508 g/mol. The Bertz CT molecular complexity index is 1580. The highest BCUT2D eigenvalue weighted by molar-refractivity contribution is 6.31. The minimum atomic E-state index is -0.522. The molecule has 0 spiro atoms. The van der Waals surface area contributed by atoms with Crippen LogP contribution < -0.4 is 14.8 Å². The fourth-order valence-electron chi connectivity index (χ4n) is 4.53. The Morgan fingerprint density at radius 3 is 2.48 bits per heavy atom. The van der Waals surface area contributed by atoms with Crippen LogP contribution in [0.2, 0.25) is 0 Å². The molecule has 0 bridgehead atoms. The zero-order chi connectivity index (χ0) is 27.9. The predicted molar refractivity (Wildman–Crippen MR) is 154 cm³/mol. The number of rotatable bonds is 9. The van der Waals surface area contributed by atoms with Crippen molar-refractivity contribution < 1.29 is 23.9 Å². The second-order valence-electron chi connectivity index (χ2n) is 9.04. The van der Waals surface area contributed by atoms with Crippen LogP contribution in [-0.2, 0) is 14.4 Å². The van der Waals surface area contributed by atoms with Crippen molar-refractivity contribution in [1.29, 1.82) is 0 Å². The van der Waals surface area contributed by atoms with E-state index in [1.54, 1.807) is 31.4 Å². The molecule has 0 fully saturated rings. The number of carbonyl (C=O) groups excluding carboxylic acids is 2.